The Morgan fingerprint density at radius 3 is 2.89 bits per heavy atom. The largest absolute Gasteiger partial charge is 0.497 e. The maximum Gasteiger partial charge on any atom is 0.356 e. The molecule has 6 heteroatoms. The van der Waals surface area contributed by atoms with Crippen LogP contribution >= 0.6 is 0 Å². The lowest BCUT2D eigenvalue weighted by atomic mass is 10.3. The van der Waals surface area contributed by atoms with Gasteiger partial charge < -0.3 is 14.4 Å². The minimum Gasteiger partial charge on any atom is -0.497 e. The molecule has 0 unspecified atom stereocenters. The number of aryl methyl sites for hydroxylation is 1. The van der Waals surface area contributed by atoms with E-state index in [0.717, 1.165) is 17.1 Å². The number of imidazole rings is 1. The predicted octanol–water partition coefficient (Wildman–Crippen LogP) is 1.34. The smallest absolute Gasteiger partial charge is 0.356 e. The molecule has 2 aromatic heterocycles. The van der Waals surface area contributed by atoms with Gasteiger partial charge in [-0.05, 0) is 6.92 Å². The maximum absolute atomic E-state index is 10.7. The molecule has 6 nitrogen and oxygen atoms in total. The molecule has 0 aliphatic carbocycles. The van der Waals surface area contributed by atoms with E-state index in [9.17, 15) is 4.79 Å². The van der Waals surface area contributed by atoms with Crippen molar-refractivity contribution in [3.05, 3.63) is 41.7 Å². The van der Waals surface area contributed by atoms with Crippen molar-refractivity contribution in [1.82, 2.24) is 14.5 Å². The summed E-state index contributed by atoms with van der Waals surface area (Å²) in [5, 5.41) is 8.78. The molecule has 0 spiro atoms. The molecule has 2 aromatic rings. The molecule has 2 heterocycles. The van der Waals surface area contributed by atoms with E-state index in [1.807, 2.05) is 19.1 Å². The molecule has 18 heavy (non-hydrogen) atoms. The topological polar surface area (TPSA) is 77.2 Å². The van der Waals surface area contributed by atoms with E-state index in [1.165, 1.54) is 12.5 Å². The SMILES string of the molecule is COc1cc(C)nc(Cn2cnc(C(=O)O)c2)c1. The summed E-state index contributed by atoms with van der Waals surface area (Å²) in [6, 6.07) is 3.65. The lowest BCUT2D eigenvalue weighted by Crippen LogP contribution is -2.02. The minimum atomic E-state index is -1.04. The van der Waals surface area contributed by atoms with Gasteiger partial charge in [0, 0.05) is 24.0 Å². The molecule has 0 bridgehead atoms. The number of rotatable bonds is 4. The minimum absolute atomic E-state index is 0.0228. The second-order valence-corrected chi connectivity index (χ2v) is 3.88. The monoisotopic (exact) mass is 247 g/mol. The van der Waals surface area contributed by atoms with Crippen LogP contribution in [0.4, 0.5) is 0 Å². The zero-order valence-corrected chi connectivity index (χ0v) is 10.1. The molecule has 2 rings (SSSR count). The summed E-state index contributed by atoms with van der Waals surface area (Å²) in [5.74, 6) is -0.306. The third kappa shape index (κ3) is 2.65. The zero-order chi connectivity index (χ0) is 13.1. The Balaban J connectivity index is 2.22. The summed E-state index contributed by atoms with van der Waals surface area (Å²) in [4.78, 5) is 18.8. The Labute approximate surface area is 104 Å². The second-order valence-electron chi connectivity index (χ2n) is 3.88. The van der Waals surface area contributed by atoms with Crippen LogP contribution < -0.4 is 4.74 Å². The number of ether oxygens (including phenoxy) is 1. The van der Waals surface area contributed by atoms with Crippen molar-refractivity contribution >= 4 is 5.97 Å². The van der Waals surface area contributed by atoms with Crippen molar-refractivity contribution < 1.29 is 14.6 Å². The first-order valence-corrected chi connectivity index (χ1v) is 5.35. The average Bonchev–Trinajstić information content (AvgIpc) is 2.76. The lowest BCUT2D eigenvalue weighted by Gasteiger charge is -2.06. The fourth-order valence-corrected chi connectivity index (χ4v) is 1.65. The van der Waals surface area contributed by atoms with Crippen LogP contribution in [0.3, 0.4) is 0 Å². The number of carboxylic acid groups (broad SMARTS) is 1. The van der Waals surface area contributed by atoms with Crippen LogP contribution in [0, 0.1) is 6.92 Å². The molecule has 0 fully saturated rings. The molecule has 0 atom stereocenters. The van der Waals surface area contributed by atoms with Crippen molar-refractivity contribution in [3.8, 4) is 5.75 Å². The first kappa shape index (κ1) is 12.1. The van der Waals surface area contributed by atoms with E-state index >= 15 is 0 Å². The lowest BCUT2D eigenvalue weighted by molar-refractivity contribution is 0.0691. The van der Waals surface area contributed by atoms with Gasteiger partial charge in [0.1, 0.15) is 5.75 Å². The molecule has 0 radical (unpaired) electrons. The third-order valence-electron chi connectivity index (χ3n) is 2.41. The van der Waals surface area contributed by atoms with Crippen molar-refractivity contribution in [3.63, 3.8) is 0 Å². The highest BCUT2D eigenvalue weighted by Gasteiger charge is 2.07. The quantitative estimate of drug-likeness (QED) is 0.882. The van der Waals surface area contributed by atoms with Gasteiger partial charge in [-0.3, -0.25) is 4.98 Å². The number of hydrogen-bond donors (Lipinski definition) is 1. The van der Waals surface area contributed by atoms with Crippen LogP contribution in [0.25, 0.3) is 0 Å². The van der Waals surface area contributed by atoms with Crippen LogP contribution in [0.5, 0.6) is 5.75 Å². The zero-order valence-electron chi connectivity index (χ0n) is 10.1. The van der Waals surface area contributed by atoms with Crippen molar-refractivity contribution in [2.24, 2.45) is 0 Å². The van der Waals surface area contributed by atoms with Gasteiger partial charge in [-0.25, -0.2) is 9.78 Å². The first-order valence-electron chi connectivity index (χ1n) is 5.35. The van der Waals surface area contributed by atoms with E-state index in [4.69, 9.17) is 9.84 Å². The molecule has 0 amide bonds. The van der Waals surface area contributed by atoms with Gasteiger partial charge in [-0.2, -0.15) is 0 Å². The second kappa shape index (κ2) is 4.87. The van der Waals surface area contributed by atoms with Crippen LogP contribution in [-0.2, 0) is 6.54 Å². The van der Waals surface area contributed by atoms with Crippen LogP contribution in [-0.4, -0.2) is 32.7 Å². The molecular weight excluding hydrogens is 234 g/mol. The van der Waals surface area contributed by atoms with Gasteiger partial charge in [-0.1, -0.05) is 0 Å². The number of methoxy groups -OCH3 is 1. The van der Waals surface area contributed by atoms with Gasteiger partial charge in [0.25, 0.3) is 0 Å². The van der Waals surface area contributed by atoms with E-state index < -0.39 is 5.97 Å². The Kier molecular flexibility index (Phi) is 3.27. The van der Waals surface area contributed by atoms with Gasteiger partial charge in [-0.15, -0.1) is 0 Å². The highest BCUT2D eigenvalue weighted by Crippen LogP contribution is 2.14. The third-order valence-corrected chi connectivity index (χ3v) is 2.41. The van der Waals surface area contributed by atoms with Crippen LogP contribution in [0.1, 0.15) is 21.9 Å². The van der Waals surface area contributed by atoms with Crippen LogP contribution in [0.2, 0.25) is 0 Å². The fourth-order valence-electron chi connectivity index (χ4n) is 1.65. The molecule has 94 valence electrons. The predicted molar refractivity (Wildman–Crippen MR) is 63.8 cm³/mol. The number of aromatic carboxylic acids is 1. The van der Waals surface area contributed by atoms with Gasteiger partial charge in [0.05, 0.1) is 25.7 Å². The van der Waals surface area contributed by atoms with Crippen molar-refractivity contribution in [2.75, 3.05) is 7.11 Å². The molecule has 1 N–H and O–H groups in total. The maximum atomic E-state index is 10.7. The fraction of sp³-hybridized carbons (Fsp3) is 0.250. The number of carboxylic acids is 1. The Morgan fingerprint density at radius 1 is 1.50 bits per heavy atom. The van der Waals surface area contributed by atoms with Gasteiger partial charge >= 0.3 is 5.97 Å². The molecule has 0 aliphatic heterocycles. The van der Waals surface area contributed by atoms with E-state index in [-0.39, 0.29) is 5.69 Å². The molecule has 0 saturated heterocycles. The van der Waals surface area contributed by atoms with Crippen molar-refractivity contribution in [2.45, 2.75) is 13.5 Å². The normalized spacial score (nSPS) is 10.3. The summed E-state index contributed by atoms with van der Waals surface area (Å²) < 4.78 is 6.83. The summed E-state index contributed by atoms with van der Waals surface area (Å²) in [7, 11) is 1.60. The summed E-state index contributed by atoms with van der Waals surface area (Å²) in [5.41, 5.74) is 1.67. The highest BCUT2D eigenvalue weighted by atomic mass is 16.5. The summed E-state index contributed by atoms with van der Waals surface area (Å²) in [6.07, 6.45) is 2.94. The number of hydrogen-bond acceptors (Lipinski definition) is 4. The number of pyridine rings is 1. The number of aromatic nitrogens is 3. The Bertz CT molecular complexity index is 578. The summed E-state index contributed by atoms with van der Waals surface area (Å²) in [6.45, 7) is 2.33. The molecule has 0 aliphatic rings. The number of carbonyl (C=O) groups is 1. The first-order chi connectivity index (χ1) is 8.58. The van der Waals surface area contributed by atoms with E-state index in [0.29, 0.717) is 6.54 Å². The molecular formula is C12H13N3O3. The Morgan fingerprint density at radius 2 is 2.28 bits per heavy atom. The molecule has 0 aromatic carbocycles. The van der Waals surface area contributed by atoms with Crippen LogP contribution in [0.15, 0.2) is 24.7 Å². The average molecular weight is 247 g/mol. The highest BCUT2D eigenvalue weighted by molar-refractivity contribution is 5.84. The Hall–Kier alpha value is -2.37. The van der Waals surface area contributed by atoms with E-state index in [2.05, 4.69) is 9.97 Å². The summed E-state index contributed by atoms with van der Waals surface area (Å²) >= 11 is 0. The van der Waals surface area contributed by atoms with E-state index in [1.54, 1.807) is 11.7 Å². The number of nitrogens with zero attached hydrogens (tertiary/aromatic N) is 3. The van der Waals surface area contributed by atoms with Gasteiger partial charge in [0.15, 0.2) is 5.69 Å². The van der Waals surface area contributed by atoms with Crippen molar-refractivity contribution in [1.29, 1.82) is 0 Å². The standard InChI is InChI=1S/C12H13N3O3/c1-8-3-10(18-2)4-9(14-8)5-15-6-11(12(16)17)13-7-15/h3-4,6-7H,5H2,1-2H3,(H,16,17). The molecule has 0 saturated carbocycles. The van der Waals surface area contributed by atoms with Gasteiger partial charge in [0.2, 0.25) is 0 Å².